The van der Waals surface area contributed by atoms with Crippen LogP contribution in [0.15, 0.2) is 24.3 Å². The van der Waals surface area contributed by atoms with Crippen LogP contribution in [0.25, 0.3) is 0 Å². The minimum atomic E-state index is -0.887. The third kappa shape index (κ3) is 2.74. The molecule has 2 fully saturated rings. The van der Waals surface area contributed by atoms with Crippen LogP contribution in [0.5, 0.6) is 5.75 Å². The minimum Gasteiger partial charge on any atom is -0.497 e. The van der Waals surface area contributed by atoms with Gasteiger partial charge in [0.25, 0.3) is 0 Å². The predicted octanol–water partition coefficient (Wildman–Crippen LogP) is 3.97. The van der Waals surface area contributed by atoms with Gasteiger partial charge in [0.15, 0.2) is 0 Å². The molecule has 23 heavy (non-hydrogen) atoms. The van der Waals surface area contributed by atoms with Crippen molar-refractivity contribution < 1.29 is 19.0 Å². The van der Waals surface area contributed by atoms with Gasteiger partial charge in [-0.15, -0.1) is 0 Å². The Hall–Kier alpha value is -1.55. The zero-order valence-electron chi connectivity index (χ0n) is 14.1. The average Bonchev–Trinajstić information content (AvgIpc) is 3.27. The molecule has 3 rings (SSSR count). The molecule has 1 atom stereocenters. The quantitative estimate of drug-likeness (QED) is 0.413. The smallest absolute Gasteiger partial charge is 0.346 e. The Kier molecular flexibility index (Phi) is 4.62. The summed E-state index contributed by atoms with van der Waals surface area (Å²) in [6.07, 6.45) is 7.36. The number of esters is 1. The highest BCUT2D eigenvalue weighted by Gasteiger charge is 2.78. The van der Waals surface area contributed by atoms with E-state index in [4.69, 9.17) is 14.2 Å². The van der Waals surface area contributed by atoms with Crippen LogP contribution in [0.4, 0.5) is 0 Å². The first-order valence-electron chi connectivity index (χ1n) is 8.70. The topological polar surface area (TPSA) is 48.1 Å². The number of rotatable bonds is 8. The SMILES string of the molecule is CCCCCCOC(=O)C1(c2ccc(OC)cc2)OC12CCC2. The minimum absolute atomic E-state index is 0.223. The number of ether oxygens (including phenoxy) is 3. The molecular formula is C19H26O4. The molecule has 4 nitrogen and oxygen atoms in total. The van der Waals surface area contributed by atoms with Crippen LogP contribution >= 0.6 is 0 Å². The normalized spacial score (nSPS) is 24.1. The summed E-state index contributed by atoms with van der Waals surface area (Å²) in [5.74, 6) is 0.555. The zero-order valence-corrected chi connectivity index (χ0v) is 14.1. The third-order valence-electron chi connectivity index (χ3n) is 5.12. The Bertz CT molecular complexity index is 547. The Balaban J connectivity index is 1.69. The van der Waals surface area contributed by atoms with E-state index in [-0.39, 0.29) is 11.6 Å². The van der Waals surface area contributed by atoms with Gasteiger partial charge in [-0.2, -0.15) is 0 Å². The van der Waals surface area contributed by atoms with Gasteiger partial charge in [0, 0.05) is 0 Å². The van der Waals surface area contributed by atoms with Gasteiger partial charge in [-0.25, -0.2) is 4.79 Å². The van der Waals surface area contributed by atoms with Crippen molar-refractivity contribution >= 4 is 5.97 Å². The van der Waals surface area contributed by atoms with Crippen molar-refractivity contribution in [3.05, 3.63) is 29.8 Å². The van der Waals surface area contributed by atoms with E-state index < -0.39 is 5.60 Å². The van der Waals surface area contributed by atoms with Crippen LogP contribution in [0.2, 0.25) is 0 Å². The lowest BCUT2D eigenvalue weighted by molar-refractivity contribution is -0.150. The van der Waals surface area contributed by atoms with Gasteiger partial charge in [-0.3, -0.25) is 0 Å². The van der Waals surface area contributed by atoms with Crippen molar-refractivity contribution in [2.45, 2.75) is 63.1 Å². The molecule has 1 unspecified atom stereocenters. The first-order valence-corrected chi connectivity index (χ1v) is 8.70. The number of epoxide rings is 1. The molecule has 4 heteroatoms. The second kappa shape index (κ2) is 6.52. The van der Waals surface area contributed by atoms with E-state index in [1.165, 1.54) is 12.8 Å². The highest BCUT2D eigenvalue weighted by molar-refractivity contribution is 5.87. The average molecular weight is 318 g/mol. The summed E-state index contributed by atoms with van der Waals surface area (Å²) in [5, 5.41) is 0. The Morgan fingerprint density at radius 3 is 2.43 bits per heavy atom. The third-order valence-corrected chi connectivity index (χ3v) is 5.12. The van der Waals surface area contributed by atoms with Crippen LogP contribution in [0.3, 0.4) is 0 Å². The highest BCUT2D eigenvalue weighted by atomic mass is 16.7. The first-order chi connectivity index (χ1) is 11.2. The molecule has 0 aromatic heterocycles. The Morgan fingerprint density at radius 2 is 1.91 bits per heavy atom. The standard InChI is InChI=1S/C19H26O4/c1-3-4-5-6-14-22-17(20)19(18(23-19)12-7-13-18)15-8-10-16(21-2)11-9-15/h8-11H,3-7,12-14H2,1-2H3. The van der Waals surface area contributed by atoms with Crippen LogP contribution in [-0.2, 0) is 19.9 Å². The maximum atomic E-state index is 12.7. The summed E-state index contributed by atoms with van der Waals surface area (Å²) in [6.45, 7) is 2.65. The molecule has 2 aliphatic rings. The number of hydrogen-bond donors (Lipinski definition) is 0. The molecule has 1 aromatic rings. The fraction of sp³-hybridized carbons (Fsp3) is 0.632. The van der Waals surface area contributed by atoms with Crippen molar-refractivity contribution in [2.24, 2.45) is 0 Å². The van der Waals surface area contributed by atoms with E-state index >= 15 is 0 Å². The predicted molar refractivity (Wildman–Crippen MR) is 87.4 cm³/mol. The van der Waals surface area contributed by atoms with Gasteiger partial charge >= 0.3 is 5.97 Å². The maximum Gasteiger partial charge on any atom is 0.346 e. The molecule has 1 aliphatic heterocycles. The fourth-order valence-corrected chi connectivity index (χ4v) is 3.51. The second-order valence-electron chi connectivity index (χ2n) is 6.56. The van der Waals surface area contributed by atoms with Crippen LogP contribution in [0, 0.1) is 0 Å². The zero-order chi connectivity index (χ0) is 16.3. The number of benzene rings is 1. The second-order valence-corrected chi connectivity index (χ2v) is 6.56. The molecule has 0 bridgehead atoms. The van der Waals surface area contributed by atoms with Gasteiger partial charge in [-0.1, -0.05) is 38.3 Å². The van der Waals surface area contributed by atoms with Gasteiger partial charge in [-0.05, 0) is 43.4 Å². The molecule has 1 aliphatic carbocycles. The molecule has 1 saturated heterocycles. The maximum absolute atomic E-state index is 12.7. The van der Waals surface area contributed by atoms with Crippen molar-refractivity contribution in [3.8, 4) is 5.75 Å². The summed E-state index contributed by atoms with van der Waals surface area (Å²) in [4.78, 5) is 12.7. The Labute approximate surface area is 138 Å². The number of carbonyl (C=O) groups is 1. The first kappa shape index (κ1) is 16.3. The Morgan fingerprint density at radius 1 is 1.17 bits per heavy atom. The summed E-state index contributed by atoms with van der Waals surface area (Å²) in [5.41, 5.74) is -0.318. The molecule has 1 spiro atoms. The molecule has 0 amide bonds. The summed E-state index contributed by atoms with van der Waals surface area (Å²) >= 11 is 0. The lowest BCUT2D eigenvalue weighted by atomic mass is 9.73. The van der Waals surface area contributed by atoms with E-state index in [2.05, 4.69) is 6.92 Å². The van der Waals surface area contributed by atoms with Crippen LogP contribution in [0.1, 0.15) is 57.4 Å². The van der Waals surface area contributed by atoms with Gasteiger partial charge < -0.3 is 14.2 Å². The van der Waals surface area contributed by atoms with Crippen molar-refractivity contribution in [2.75, 3.05) is 13.7 Å². The molecule has 0 N–H and O–H groups in total. The van der Waals surface area contributed by atoms with Crippen molar-refractivity contribution in [1.29, 1.82) is 0 Å². The largest absolute Gasteiger partial charge is 0.497 e. The van der Waals surface area contributed by atoms with E-state index in [0.717, 1.165) is 43.4 Å². The van der Waals surface area contributed by atoms with Crippen LogP contribution < -0.4 is 4.74 Å². The monoisotopic (exact) mass is 318 g/mol. The molecule has 1 heterocycles. The number of methoxy groups -OCH3 is 1. The van der Waals surface area contributed by atoms with Crippen LogP contribution in [-0.4, -0.2) is 25.3 Å². The van der Waals surface area contributed by atoms with E-state index in [1.807, 2.05) is 24.3 Å². The fourth-order valence-electron chi connectivity index (χ4n) is 3.51. The summed E-state index contributed by atoms with van der Waals surface area (Å²) in [7, 11) is 1.64. The molecular weight excluding hydrogens is 292 g/mol. The van der Waals surface area contributed by atoms with Gasteiger partial charge in [0.05, 0.1) is 13.7 Å². The number of carbonyl (C=O) groups excluding carboxylic acids is 1. The van der Waals surface area contributed by atoms with Crippen molar-refractivity contribution in [3.63, 3.8) is 0 Å². The van der Waals surface area contributed by atoms with E-state index in [0.29, 0.717) is 6.61 Å². The van der Waals surface area contributed by atoms with Gasteiger partial charge in [0.1, 0.15) is 11.4 Å². The number of hydrogen-bond acceptors (Lipinski definition) is 4. The lowest BCUT2D eigenvalue weighted by Gasteiger charge is -2.26. The van der Waals surface area contributed by atoms with E-state index in [1.54, 1.807) is 7.11 Å². The molecule has 1 saturated carbocycles. The van der Waals surface area contributed by atoms with Crippen molar-refractivity contribution in [1.82, 2.24) is 0 Å². The molecule has 0 radical (unpaired) electrons. The molecule has 1 aromatic carbocycles. The summed E-state index contributed by atoms with van der Waals surface area (Å²) in [6, 6.07) is 7.59. The highest BCUT2D eigenvalue weighted by Crippen LogP contribution is 2.66. The summed E-state index contributed by atoms with van der Waals surface area (Å²) < 4.78 is 16.8. The van der Waals surface area contributed by atoms with E-state index in [9.17, 15) is 4.79 Å². The molecule has 126 valence electrons. The van der Waals surface area contributed by atoms with Gasteiger partial charge in [0.2, 0.25) is 5.60 Å². The lowest BCUT2D eigenvalue weighted by Crippen LogP contribution is -2.38. The number of unbranched alkanes of at least 4 members (excludes halogenated alkanes) is 3.